The summed E-state index contributed by atoms with van der Waals surface area (Å²) < 4.78 is 24.6. The zero-order chi connectivity index (χ0) is 19.5. The molecule has 140 valence electrons. The second kappa shape index (κ2) is 7.70. The molecule has 0 bridgehead atoms. The van der Waals surface area contributed by atoms with E-state index in [0.29, 0.717) is 11.3 Å². The lowest BCUT2D eigenvalue weighted by atomic mass is 10.1. The molecule has 1 N–H and O–H groups in total. The van der Waals surface area contributed by atoms with Crippen LogP contribution in [0.15, 0.2) is 80.8 Å². The van der Waals surface area contributed by atoms with Crippen molar-refractivity contribution >= 4 is 34.2 Å². The first-order valence-corrected chi connectivity index (χ1v) is 8.81. The highest BCUT2D eigenvalue weighted by atomic mass is 35.5. The molecule has 0 spiro atoms. The van der Waals surface area contributed by atoms with Crippen LogP contribution in [-0.2, 0) is 6.54 Å². The van der Waals surface area contributed by atoms with Crippen molar-refractivity contribution < 1.29 is 18.0 Å². The van der Waals surface area contributed by atoms with E-state index in [4.69, 9.17) is 20.4 Å². The van der Waals surface area contributed by atoms with Crippen molar-refractivity contribution in [2.75, 3.05) is 0 Å². The Morgan fingerprint density at radius 1 is 1.11 bits per heavy atom. The minimum atomic E-state index is -0.493. The normalized spacial score (nSPS) is 11.7. The van der Waals surface area contributed by atoms with Crippen LogP contribution in [0.1, 0.15) is 16.1 Å². The Hall–Kier alpha value is -3.38. The van der Waals surface area contributed by atoms with Gasteiger partial charge in [-0.3, -0.25) is 4.79 Å². The lowest BCUT2D eigenvalue weighted by Crippen LogP contribution is -2.28. The van der Waals surface area contributed by atoms with Gasteiger partial charge in [0.05, 0.1) is 23.5 Å². The van der Waals surface area contributed by atoms with Gasteiger partial charge in [0.15, 0.2) is 0 Å². The summed E-state index contributed by atoms with van der Waals surface area (Å²) >= 11 is 6.11. The summed E-state index contributed by atoms with van der Waals surface area (Å²) in [6.45, 7) is 0.207. The number of halogens is 2. The molecule has 2 aromatic heterocycles. The third-order valence-electron chi connectivity index (χ3n) is 4.03. The van der Waals surface area contributed by atoms with Crippen molar-refractivity contribution in [1.82, 2.24) is 5.32 Å². The molecule has 7 heteroatoms. The van der Waals surface area contributed by atoms with Crippen molar-refractivity contribution in [3.05, 3.63) is 94.6 Å². The fraction of sp³-hybridized carbons (Fsp3) is 0.0476. The molecular weight excluding hydrogens is 383 g/mol. The molecule has 0 aliphatic rings. The molecule has 1 amide bonds. The summed E-state index contributed by atoms with van der Waals surface area (Å²) in [5, 5.41) is 3.73. The molecule has 4 rings (SSSR count). The monoisotopic (exact) mass is 396 g/mol. The summed E-state index contributed by atoms with van der Waals surface area (Å²) in [4.78, 5) is 17.1. The molecule has 2 heterocycles. The molecule has 4 aromatic rings. The lowest BCUT2D eigenvalue weighted by Gasteiger charge is -2.06. The van der Waals surface area contributed by atoms with Crippen LogP contribution in [0.3, 0.4) is 0 Å². The van der Waals surface area contributed by atoms with Gasteiger partial charge in [-0.05, 0) is 36.4 Å². The molecule has 0 saturated heterocycles. The first-order valence-electron chi connectivity index (χ1n) is 8.43. The van der Waals surface area contributed by atoms with E-state index in [9.17, 15) is 9.18 Å². The largest absolute Gasteiger partial charge is 0.467 e. The van der Waals surface area contributed by atoms with E-state index in [1.165, 1.54) is 24.5 Å². The van der Waals surface area contributed by atoms with Crippen molar-refractivity contribution in [2.45, 2.75) is 6.54 Å². The van der Waals surface area contributed by atoms with Crippen LogP contribution >= 0.6 is 11.6 Å². The number of furan rings is 1. The van der Waals surface area contributed by atoms with E-state index in [1.807, 2.05) is 12.1 Å². The summed E-state index contributed by atoms with van der Waals surface area (Å²) in [5.41, 5.74) is 0.936. The van der Waals surface area contributed by atoms with Crippen molar-refractivity contribution in [3.63, 3.8) is 0 Å². The number of carbonyl (C=O) groups excluding carboxylic acids is 1. The third kappa shape index (κ3) is 3.82. The van der Waals surface area contributed by atoms with Crippen molar-refractivity contribution in [2.24, 2.45) is 4.99 Å². The number of hydrogen-bond donors (Lipinski definition) is 1. The summed E-state index contributed by atoms with van der Waals surface area (Å²) in [6, 6.07) is 16.2. The van der Waals surface area contributed by atoms with Crippen LogP contribution in [0, 0.1) is 5.82 Å². The Kier molecular flexibility index (Phi) is 4.95. The number of fused-ring (bicyclic) bond motifs is 1. The molecule has 0 saturated carbocycles. The molecule has 0 radical (unpaired) electrons. The van der Waals surface area contributed by atoms with Gasteiger partial charge in [-0.1, -0.05) is 29.8 Å². The summed E-state index contributed by atoms with van der Waals surface area (Å²) in [5.74, 6) is -0.289. The van der Waals surface area contributed by atoms with E-state index >= 15 is 0 Å². The minimum absolute atomic E-state index is 0.0307. The highest BCUT2D eigenvalue weighted by Crippen LogP contribution is 2.25. The van der Waals surface area contributed by atoms with Crippen molar-refractivity contribution in [3.8, 4) is 0 Å². The quantitative estimate of drug-likeness (QED) is 0.529. The minimum Gasteiger partial charge on any atom is -0.467 e. The first-order chi connectivity index (χ1) is 13.6. The Labute approximate surface area is 164 Å². The highest BCUT2D eigenvalue weighted by molar-refractivity contribution is 6.32. The van der Waals surface area contributed by atoms with Crippen LogP contribution in [0.4, 0.5) is 10.1 Å². The number of amides is 1. The molecular formula is C21H14ClFN2O3. The fourth-order valence-electron chi connectivity index (χ4n) is 2.67. The molecule has 0 unspecified atom stereocenters. The molecule has 0 atom stereocenters. The van der Waals surface area contributed by atoms with Gasteiger partial charge in [-0.25, -0.2) is 9.38 Å². The van der Waals surface area contributed by atoms with Crippen molar-refractivity contribution in [1.29, 1.82) is 0 Å². The third-order valence-corrected chi connectivity index (χ3v) is 4.35. The maximum absolute atomic E-state index is 13.6. The molecule has 5 nitrogen and oxygen atoms in total. The Balaban J connectivity index is 1.81. The summed E-state index contributed by atoms with van der Waals surface area (Å²) in [7, 11) is 0. The maximum atomic E-state index is 13.6. The smallest absolute Gasteiger partial charge is 0.257 e. The topological polar surface area (TPSA) is 67.7 Å². The van der Waals surface area contributed by atoms with Gasteiger partial charge in [-0.15, -0.1) is 0 Å². The van der Waals surface area contributed by atoms with E-state index in [1.54, 1.807) is 30.3 Å². The Morgan fingerprint density at radius 2 is 1.96 bits per heavy atom. The van der Waals surface area contributed by atoms with E-state index in [0.717, 1.165) is 5.39 Å². The van der Waals surface area contributed by atoms with E-state index in [2.05, 4.69) is 10.3 Å². The fourth-order valence-corrected chi connectivity index (χ4v) is 2.83. The van der Waals surface area contributed by atoms with Crippen LogP contribution in [0.25, 0.3) is 11.0 Å². The zero-order valence-electron chi connectivity index (χ0n) is 14.5. The lowest BCUT2D eigenvalue weighted by molar-refractivity contribution is 0.0944. The number of benzene rings is 2. The second-order valence-corrected chi connectivity index (χ2v) is 6.38. The number of nitrogens with zero attached hydrogens (tertiary/aromatic N) is 1. The number of hydrogen-bond acceptors (Lipinski definition) is 4. The molecule has 28 heavy (non-hydrogen) atoms. The zero-order valence-corrected chi connectivity index (χ0v) is 15.2. The van der Waals surface area contributed by atoms with Gasteiger partial charge in [-0.2, -0.15) is 0 Å². The summed E-state index contributed by atoms with van der Waals surface area (Å²) in [6.07, 6.45) is 1.53. The maximum Gasteiger partial charge on any atom is 0.257 e. The van der Waals surface area contributed by atoms with Gasteiger partial charge in [0, 0.05) is 11.5 Å². The van der Waals surface area contributed by atoms with Gasteiger partial charge in [0.2, 0.25) is 5.55 Å². The van der Waals surface area contributed by atoms with E-state index < -0.39 is 11.7 Å². The van der Waals surface area contributed by atoms with E-state index in [-0.39, 0.29) is 28.4 Å². The number of nitrogens with one attached hydrogen (secondary N) is 1. The number of rotatable bonds is 4. The predicted molar refractivity (Wildman–Crippen MR) is 103 cm³/mol. The first kappa shape index (κ1) is 18.0. The van der Waals surface area contributed by atoms with Crippen LogP contribution in [-0.4, -0.2) is 5.91 Å². The average molecular weight is 397 g/mol. The molecule has 2 aromatic carbocycles. The molecule has 0 fully saturated rings. The predicted octanol–water partition coefficient (Wildman–Crippen LogP) is 4.98. The second-order valence-electron chi connectivity index (χ2n) is 5.97. The van der Waals surface area contributed by atoms with Gasteiger partial charge in [0.25, 0.3) is 5.91 Å². The van der Waals surface area contributed by atoms with Gasteiger partial charge in [0.1, 0.15) is 22.7 Å². The highest BCUT2D eigenvalue weighted by Gasteiger charge is 2.14. The average Bonchev–Trinajstić information content (AvgIpc) is 3.22. The van der Waals surface area contributed by atoms with Gasteiger partial charge < -0.3 is 14.2 Å². The van der Waals surface area contributed by atoms with Crippen LogP contribution in [0.2, 0.25) is 5.02 Å². The SMILES string of the molecule is O=C(NCc1ccco1)c1cc2ccccc2oc1=Nc1cc(F)ccc1Cl. The molecule has 0 aliphatic carbocycles. The van der Waals surface area contributed by atoms with Crippen LogP contribution < -0.4 is 10.9 Å². The van der Waals surface area contributed by atoms with Crippen LogP contribution in [0.5, 0.6) is 0 Å². The number of carbonyl (C=O) groups is 1. The Morgan fingerprint density at radius 3 is 2.79 bits per heavy atom. The van der Waals surface area contributed by atoms with Gasteiger partial charge >= 0.3 is 0 Å². The molecule has 0 aliphatic heterocycles. The Bertz CT molecular complexity index is 1220. The number of para-hydroxylation sites is 1. The standard InChI is InChI=1S/C21H14ClFN2O3/c22-17-8-7-14(23)11-18(17)25-21-16(10-13-4-1-2-6-19(13)28-21)20(26)24-12-15-5-3-9-27-15/h1-11H,12H2,(H,24,26).